The predicted octanol–water partition coefficient (Wildman–Crippen LogP) is 2.97. The van der Waals surface area contributed by atoms with Crippen molar-refractivity contribution in [3.8, 4) is 5.75 Å². The van der Waals surface area contributed by atoms with Crippen LogP contribution in [0.4, 0.5) is 0 Å². The van der Waals surface area contributed by atoms with E-state index in [0.29, 0.717) is 0 Å². The van der Waals surface area contributed by atoms with E-state index < -0.39 is 0 Å². The van der Waals surface area contributed by atoms with Crippen LogP contribution in [0.15, 0.2) is 30.9 Å². The molecule has 0 spiro atoms. The van der Waals surface area contributed by atoms with Crippen LogP contribution in [0.2, 0.25) is 0 Å². The molecule has 0 saturated heterocycles. The highest BCUT2D eigenvalue weighted by Gasteiger charge is 2.12. The van der Waals surface area contributed by atoms with Crippen molar-refractivity contribution in [2.75, 3.05) is 21.2 Å². The number of methoxy groups -OCH3 is 1. The van der Waals surface area contributed by atoms with Crippen LogP contribution in [-0.2, 0) is 13.0 Å². The van der Waals surface area contributed by atoms with Crippen molar-refractivity contribution < 1.29 is 4.74 Å². The second kappa shape index (κ2) is 5.27. The summed E-state index contributed by atoms with van der Waals surface area (Å²) in [6, 6.07) is 6.15. The van der Waals surface area contributed by atoms with Gasteiger partial charge >= 0.3 is 0 Å². The Labute approximate surface area is 108 Å². The number of fused-ring (bicyclic) bond motifs is 1. The second-order valence-corrected chi connectivity index (χ2v) is 4.72. The number of benzene rings is 1. The van der Waals surface area contributed by atoms with Gasteiger partial charge < -0.3 is 14.6 Å². The summed E-state index contributed by atoms with van der Waals surface area (Å²) in [5, 5.41) is 1.24. The predicted molar refractivity (Wildman–Crippen MR) is 76.1 cm³/mol. The van der Waals surface area contributed by atoms with Crippen LogP contribution in [0.3, 0.4) is 0 Å². The molecule has 3 nitrogen and oxygen atoms in total. The molecule has 1 aromatic carbocycles. The van der Waals surface area contributed by atoms with Gasteiger partial charge in [0, 0.05) is 29.6 Å². The van der Waals surface area contributed by atoms with E-state index in [2.05, 4.69) is 42.7 Å². The monoisotopic (exact) mass is 244 g/mol. The van der Waals surface area contributed by atoms with Gasteiger partial charge in [0.15, 0.2) is 0 Å². The summed E-state index contributed by atoms with van der Waals surface area (Å²) in [4.78, 5) is 5.64. The molecule has 0 fully saturated rings. The van der Waals surface area contributed by atoms with Gasteiger partial charge in [0.05, 0.1) is 7.11 Å². The van der Waals surface area contributed by atoms with Gasteiger partial charge in [-0.2, -0.15) is 0 Å². The minimum Gasteiger partial charge on any atom is -0.497 e. The number of nitrogens with one attached hydrogen (secondary N) is 1. The third-order valence-electron chi connectivity index (χ3n) is 3.02. The molecular weight excluding hydrogens is 224 g/mol. The van der Waals surface area contributed by atoms with E-state index >= 15 is 0 Å². The van der Waals surface area contributed by atoms with Crippen molar-refractivity contribution in [1.29, 1.82) is 0 Å². The molecule has 1 heterocycles. The number of H-pyrrole nitrogens is 1. The zero-order valence-corrected chi connectivity index (χ0v) is 11.3. The lowest BCUT2D eigenvalue weighted by molar-refractivity contribution is 0.402. The molecule has 0 aliphatic heterocycles. The van der Waals surface area contributed by atoms with Crippen LogP contribution in [0.25, 0.3) is 10.9 Å². The number of allylic oxidation sites excluding steroid dienone is 1. The van der Waals surface area contributed by atoms with Crippen LogP contribution < -0.4 is 4.74 Å². The normalized spacial score (nSPS) is 11.1. The summed E-state index contributed by atoms with van der Waals surface area (Å²) in [7, 11) is 5.86. The van der Waals surface area contributed by atoms with Crippen molar-refractivity contribution in [1.82, 2.24) is 9.88 Å². The number of nitrogens with zero attached hydrogens (tertiary/aromatic N) is 1. The fraction of sp³-hybridized carbons (Fsp3) is 0.333. The molecule has 0 saturated carbocycles. The van der Waals surface area contributed by atoms with Crippen LogP contribution in [0.1, 0.15) is 11.3 Å². The molecule has 0 aliphatic rings. The SMILES string of the molecule is C=CCc1[nH]c2ccc(OC)cc2c1CN(C)C. The first-order valence-electron chi connectivity index (χ1n) is 6.08. The molecule has 1 N–H and O–H groups in total. The second-order valence-electron chi connectivity index (χ2n) is 4.72. The molecule has 3 heteroatoms. The van der Waals surface area contributed by atoms with Crippen molar-refractivity contribution in [2.45, 2.75) is 13.0 Å². The topological polar surface area (TPSA) is 28.3 Å². The van der Waals surface area contributed by atoms with Crippen LogP contribution in [0.5, 0.6) is 5.75 Å². The third-order valence-corrected chi connectivity index (χ3v) is 3.02. The number of ether oxygens (including phenoxy) is 1. The zero-order valence-electron chi connectivity index (χ0n) is 11.3. The van der Waals surface area contributed by atoms with Crippen molar-refractivity contribution in [3.63, 3.8) is 0 Å². The zero-order chi connectivity index (χ0) is 13.1. The van der Waals surface area contributed by atoms with Crippen LogP contribution in [0, 0.1) is 0 Å². The van der Waals surface area contributed by atoms with Gasteiger partial charge in [0.1, 0.15) is 5.75 Å². The lowest BCUT2D eigenvalue weighted by Gasteiger charge is -2.10. The van der Waals surface area contributed by atoms with E-state index in [-0.39, 0.29) is 0 Å². The molecule has 0 amide bonds. The molecule has 0 aliphatic carbocycles. The van der Waals surface area contributed by atoms with E-state index in [1.165, 1.54) is 16.6 Å². The summed E-state index contributed by atoms with van der Waals surface area (Å²) in [6.45, 7) is 4.73. The molecular formula is C15H20N2O. The largest absolute Gasteiger partial charge is 0.497 e. The minimum atomic E-state index is 0.861. The summed E-state index contributed by atoms with van der Waals surface area (Å²) in [5.41, 5.74) is 3.72. The molecule has 2 aromatic rings. The lowest BCUT2D eigenvalue weighted by Crippen LogP contribution is -2.11. The molecule has 96 valence electrons. The Morgan fingerprint density at radius 2 is 2.17 bits per heavy atom. The quantitative estimate of drug-likeness (QED) is 0.819. The van der Waals surface area contributed by atoms with E-state index in [1.807, 2.05) is 12.1 Å². The Bertz CT molecular complexity index is 555. The van der Waals surface area contributed by atoms with Crippen LogP contribution in [-0.4, -0.2) is 31.1 Å². The fourth-order valence-corrected chi connectivity index (χ4v) is 2.22. The molecule has 0 atom stereocenters. The average molecular weight is 244 g/mol. The van der Waals surface area contributed by atoms with E-state index in [4.69, 9.17) is 4.74 Å². The molecule has 0 bridgehead atoms. The standard InChI is InChI=1S/C15H20N2O/c1-5-6-14-13(10-17(2)3)12-9-11(18-4)7-8-15(12)16-14/h5,7-9,16H,1,6,10H2,2-4H3. The first-order valence-corrected chi connectivity index (χ1v) is 6.08. The number of aromatic nitrogens is 1. The number of rotatable bonds is 5. The number of hydrogen-bond acceptors (Lipinski definition) is 2. The van der Waals surface area contributed by atoms with Crippen molar-refractivity contribution >= 4 is 10.9 Å². The first kappa shape index (κ1) is 12.7. The van der Waals surface area contributed by atoms with E-state index in [1.54, 1.807) is 7.11 Å². The highest BCUT2D eigenvalue weighted by molar-refractivity contribution is 5.86. The van der Waals surface area contributed by atoms with Crippen molar-refractivity contribution in [3.05, 3.63) is 42.1 Å². The van der Waals surface area contributed by atoms with Crippen molar-refractivity contribution in [2.24, 2.45) is 0 Å². The minimum absolute atomic E-state index is 0.861. The maximum Gasteiger partial charge on any atom is 0.119 e. The van der Waals surface area contributed by atoms with E-state index in [9.17, 15) is 0 Å². The summed E-state index contributed by atoms with van der Waals surface area (Å²) >= 11 is 0. The van der Waals surface area contributed by atoms with Gasteiger partial charge in [-0.1, -0.05) is 6.08 Å². The summed E-state index contributed by atoms with van der Waals surface area (Å²) < 4.78 is 5.30. The van der Waals surface area contributed by atoms with Gasteiger partial charge in [0.2, 0.25) is 0 Å². The molecule has 18 heavy (non-hydrogen) atoms. The molecule has 2 rings (SSSR count). The number of hydrogen-bond donors (Lipinski definition) is 1. The van der Waals surface area contributed by atoms with Gasteiger partial charge in [-0.3, -0.25) is 0 Å². The highest BCUT2D eigenvalue weighted by atomic mass is 16.5. The van der Waals surface area contributed by atoms with Gasteiger partial charge in [0.25, 0.3) is 0 Å². The Morgan fingerprint density at radius 1 is 1.39 bits per heavy atom. The van der Waals surface area contributed by atoms with Gasteiger partial charge in [-0.25, -0.2) is 0 Å². The van der Waals surface area contributed by atoms with E-state index in [0.717, 1.165) is 24.2 Å². The lowest BCUT2D eigenvalue weighted by atomic mass is 10.1. The summed E-state index contributed by atoms with van der Waals surface area (Å²) in [5.74, 6) is 0.895. The van der Waals surface area contributed by atoms with Gasteiger partial charge in [-0.05, 0) is 37.9 Å². The fourth-order valence-electron chi connectivity index (χ4n) is 2.22. The third kappa shape index (κ3) is 2.41. The first-order chi connectivity index (χ1) is 8.65. The van der Waals surface area contributed by atoms with Gasteiger partial charge in [-0.15, -0.1) is 6.58 Å². The smallest absolute Gasteiger partial charge is 0.119 e. The molecule has 1 aromatic heterocycles. The summed E-state index contributed by atoms with van der Waals surface area (Å²) in [6.07, 6.45) is 2.79. The highest BCUT2D eigenvalue weighted by Crippen LogP contribution is 2.27. The van der Waals surface area contributed by atoms with Crippen LogP contribution >= 0.6 is 0 Å². The average Bonchev–Trinajstić information content (AvgIpc) is 2.67. The molecule has 0 radical (unpaired) electrons. The molecule has 0 unspecified atom stereocenters. The Hall–Kier alpha value is -1.74. The Balaban J connectivity index is 2.57. The number of aromatic amines is 1. The maximum absolute atomic E-state index is 5.30. The maximum atomic E-state index is 5.30. The Morgan fingerprint density at radius 3 is 2.78 bits per heavy atom. The Kier molecular flexibility index (Phi) is 3.72.